The highest BCUT2D eigenvalue weighted by Gasteiger charge is 2.46. The molecule has 6 aliphatic rings. The van der Waals surface area contributed by atoms with Crippen molar-refractivity contribution in [2.45, 2.75) is 69.0 Å². The fourth-order valence-corrected chi connectivity index (χ4v) is 7.19. The van der Waals surface area contributed by atoms with Gasteiger partial charge in [0.15, 0.2) is 0 Å². The van der Waals surface area contributed by atoms with Gasteiger partial charge < -0.3 is 19.9 Å². The lowest BCUT2D eigenvalue weighted by Gasteiger charge is -2.32. The summed E-state index contributed by atoms with van der Waals surface area (Å²) in [4.78, 5) is 35.6. The van der Waals surface area contributed by atoms with Crippen molar-refractivity contribution in [1.82, 2.24) is 31.2 Å². The molecule has 0 spiro atoms. The van der Waals surface area contributed by atoms with E-state index in [0.717, 1.165) is 77.3 Å². The fourth-order valence-electron chi connectivity index (χ4n) is 7.19. The normalized spacial score (nSPS) is 33.9. The predicted molar refractivity (Wildman–Crippen MR) is 137 cm³/mol. The van der Waals surface area contributed by atoms with E-state index in [1.165, 1.54) is 18.4 Å². The molecule has 0 bridgehead atoms. The minimum Gasteiger partial charge on any atom is -0.381 e. The Balaban J connectivity index is 0.969. The summed E-state index contributed by atoms with van der Waals surface area (Å²) in [5.74, 6) is 2.72. The number of amides is 2. The Labute approximate surface area is 218 Å². The largest absolute Gasteiger partial charge is 0.381 e. The SMILES string of the molecule is O=C(c1cnc(NC2CCOCC2)c(C2CC2)c1)N1C[C@@H]2CN(C(=O)[C@@H]3CCC4NNNC4C3)C[C@H]2C1. The second kappa shape index (κ2) is 9.80. The summed E-state index contributed by atoms with van der Waals surface area (Å²) in [5, 5.41) is 3.63. The minimum absolute atomic E-state index is 0.0879. The molecule has 2 aliphatic carbocycles. The molecule has 4 N–H and O–H groups in total. The van der Waals surface area contributed by atoms with Crippen LogP contribution in [0.1, 0.15) is 66.8 Å². The van der Waals surface area contributed by atoms with Crippen molar-refractivity contribution < 1.29 is 14.3 Å². The topological polar surface area (TPSA) is 111 Å². The first-order valence-electron chi connectivity index (χ1n) is 14.3. The number of ether oxygens (including phenoxy) is 1. The summed E-state index contributed by atoms with van der Waals surface area (Å²) >= 11 is 0. The summed E-state index contributed by atoms with van der Waals surface area (Å²) < 4.78 is 5.49. The van der Waals surface area contributed by atoms with E-state index in [9.17, 15) is 9.59 Å². The standard InChI is InChI=1S/C27H39N7O3/c35-26(17-3-4-23-24(10-17)31-32-30-23)33-12-19-14-34(15-20(19)13-33)27(36)18-9-22(16-1-2-16)25(28-11-18)29-21-5-7-37-8-6-21/h9,11,16-17,19-21,23-24,30-32H,1-8,10,12-15H2,(H,28,29)/t17-,19+,20+,23?,24?/m1/s1. The number of carbonyl (C=O) groups excluding carboxylic acids is 2. The maximum Gasteiger partial charge on any atom is 0.255 e. The Morgan fingerprint density at radius 2 is 1.65 bits per heavy atom. The lowest BCUT2D eigenvalue weighted by molar-refractivity contribution is -0.136. The van der Waals surface area contributed by atoms with Crippen molar-refractivity contribution >= 4 is 17.6 Å². The maximum atomic E-state index is 13.5. The van der Waals surface area contributed by atoms with Crippen molar-refractivity contribution in [3.05, 3.63) is 23.4 Å². The van der Waals surface area contributed by atoms with Gasteiger partial charge in [-0.15, -0.1) is 0 Å². The van der Waals surface area contributed by atoms with Gasteiger partial charge in [0.2, 0.25) is 5.91 Å². The zero-order chi connectivity index (χ0) is 24.9. The van der Waals surface area contributed by atoms with Crippen molar-refractivity contribution in [1.29, 1.82) is 0 Å². The third kappa shape index (κ3) is 4.73. The first kappa shape index (κ1) is 23.8. The van der Waals surface area contributed by atoms with Crippen LogP contribution in [0.2, 0.25) is 0 Å². The molecule has 7 rings (SSSR count). The molecule has 6 fully saturated rings. The van der Waals surface area contributed by atoms with Crippen LogP contribution in [0, 0.1) is 17.8 Å². The number of pyridine rings is 1. The predicted octanol–water partition coefficient (Wildman–Crippen LogP) is 1.23. The molecule has 2 saturated carbocycles. The summed E-state index contributed by atoms with van der Waals surface area (Å²) in [6.07, 6.45) is 8.95. The first-order chi connectivity index (χ1) is 18.1. The Kier molecular flexibility index (Phi) is 6.31. The smallest absolute Gasteiger partial charge is 0.255 e. The molecule has 4 aliphatic heterocycles. The molecular weight excluding hydrogens is 470 g/mol. The highest BCUT2D eigenvalue weighted by Crippen LogP contribution is 2.44. The number of fused-ring (bicyclic) bond motifs is 2. The van der Waals surface area contributed by atoms with Crippen LogP contribution in [0.3, 0.4) is 0 Å². The van der Waals surface area contributed by atoms with Gasteiger partial charge in [-0.25, -0.2) is 15.8 Å². The van der Waals surface area contributed by atoms with Gasteiger partial charge in [0, 0.05) is 81.5 Å². The van der Waals surface area contributed by atoms with E-state index in [1.807, 2.05) is 4.90 Å². The number of carbonyl (C=O) groups is 2. The van der Waals surface area contributed by atoms with Crippen molar-refractivity contribution in [2.24, 2.45) is 17.8 Å². The highest BCUT2D eigenvalue weighted by atomic mass is 16.5. The quantitative estimate of drug-likeness (QED) is 0.469. The molecule has 0 radical (unpaired) electrons. The van der Waals surface area contributed by atoms with Gasteiger partial charge in [0.25, 0.3) is 5.91 Å². The van der Waals surface area contributed by atoms with E-state index < -0.39 is 0 Å². The van der Waals surface area contributed by atoms with Crippen LogP contribution >= 0.6 is 0 Å². The number of anilines is 1. The van der Waals surface area contributed by atoms with Crippen LogP contribution in [0.5, 0.6) is 0 Å². The van der Waals surface area contributed by atoms with E-state index in [2.05, 4.69) is 32.7 Å². The number of rotatable bonds is 5. The zero-order valence-electron chi connectivity index (χ0n) is 21.5. The lowest BCUT2D eigenvalue weighted by Crippen LogP contribution is -2.45. The molecular formula is C27H39N7O3. The van der Waals surface area contributed by atoms with Gasteiger partial charge in [0.05, 0.1) is 5.56 Å². The molecule has 2 amide bonds. The Hall–Kier alpha value is -2.27. The summed E-state index contributed by atoms with van der Waals surface area (Å²) in [7, 11) is 0. The van der Waals surface area contributed by atoms with Crippen molar-refractivity contribution in [3.63, 3.8) is 0 Å². The van der Waals surface area contributed by atoms with Gasteiger partial charge >= 0.3 is 0 Å². The van der Waals surface area contributed by atoms with Crippen LogP contribution in [0.4, 0.5) is 5.82 Å². The molecule has 2 unspecified atom stereocenters. The fraction of sp³-hybridized carbons (Fsp3) is 0.741. The molecule has 10 nitrogen and oxygen atoms in total. The zero-order valence-corrected chi connectivity index (χ0v) is 21.5. The minimum atomic E-state index is 0.0879. The molecule has 4 saturated heterocycles. The highest BCUT2D eigenvalue weighted by molar-refractivity contribution is 5.94. The Bertz CT molecular complexity index is 1030. The van der Waals surface area contributed by atoms with E-state index in [0.29, 0.717) is 47.3 Å². The number of nitrogens with one attached hydrogen (secondary N) is 4. The molecule has 5 atom stereocenters. The summed E-state index contributed by atoms with van der Waals surface area (Å²) in [6.45, 7) is 4.61. The van der Waals surface area contributed by atoms with E-state index >= 15 is 0 Å². The van der Waals surface area contributed by atoms with Gasteiger partial charge in [-0.3, -0.25) is 9.59 Å². The molecule has 10 heteroatoms. The second-order valence-corrected chi connectivity index (χ2v) is 12.1. The van der Waals surface area contributed by atoms with Gasteiger partial charge in [-0.1, -0.05) is 0 Å². The molecule has 1 aromatic heterocycles. The molecule has 0 aromatic carbocycles. The molecule has 1 aromatic rings. The van der Waals surface area contributed by atoms with E-state index in [-0.39, 0.29) is 11.8 Å². The van der Waals surface area contributed by atoms with Gasteiger partial charge in [-0.2, -0.15) is 5.53 Å². The molecule has 37 heavy (non-hydrogen) atoms. The van der Waals surface area contributed by atoms with Crippen LogP contribution in [0.25, 0.3) is 0 Å². The molecule has 5 heterocycles. The van der Waals surface area contributed by atoms with Crippen molar-refractivity contribution in [3.8, 4) is 0 Å². The Morgan fingerprint density at radius 3 is 2.41 bits per heavy atom. The van der Waals surface area contributed by atoms with E-state index in [1.54, 1.807) is 6.20 Å². The van der Waals surface area contributed by atoms with Crippen molar-refractivity contribution in [2.75, 3.05) is 44.7 Å². The average molecular weight is 510 g/mol. The number of hydrogen-bond donors (Lipinski definition) is 4. The second-order valence-electron chi connectivity index (χ2n) is 12.1. The third-order valence-electron chi connectivity index (χ3n) is 9.54. The number of hydrazine groups is 2. The summed E-state index contributed by atoms with van der Waals surface area (Å²) in [6, 6.07) is 3.23. The maximum absolute atomic E-state index is 13.5. The van der Waals surface area contributed by atoms with E-state index in [4.69, 9.17) is 9.72 Å². The lowest BCUT2D eigenvalue weighted by atomic mass is 9.82. The van der Waals surface area contributed by atoms with Crippen LogP contribution in [-0.2, 0) is 9.53 Å². The first-order valence-corrected chi connectivity index (χ1v) is 14.3. The van der Waals surface area contributed by atoms with Crippen LogP contribution < -0.4 is 21.7 Å². The monoisotopic (exact) mass is 509 g/mol. The third-order valence-corrected chi connectivity index (χ3v) is 9.54. The van der Waals surface area contributed by atoms with Gasteiger partial charge in [0.1, 0.15) is 5.82 Å². The average Bonchev–Trinajstić information content (AvgIpc) is 3.33. The number of aromatic nitrogens is 1. The number of hydrogen-bond acceptors (Lipinski definition) is 8. The Morgan fingerprint density at radius 1 is 0.919 bits per heavy atom. The number of likely N-dealkylation sites (tertiary alicyclic amines) is 2. The number of nitrogens with zero attached hydrogens (tertiary/aromatic N) is 3. The van der Waals surface area contributed by atoms with Crippen LogP contribution in [-0.4, -0.2) is 84.1 Å². The van der Waals surface area contributed by atoms with Gasteiger partial charge in [-0.05, 0) is 62.5 Å². The molecule has 200 valence electrons. The van der Waals surface area contributed by atoms with Crippen LogP contribution in [0.15, 0.2) is 12.3 Å². The summed E-state index contributed by atoms with van der Waals surface area (Å²) in [5.41, 5.74) is 11.4.